The zero-order valence-electron chi connectivity index (χ0n) is 12.9. The van der Waals surface area contributed by atoms with Gasteiger partial charge < -0.3 is 15.1 Å². The molecule has 2 heterocycles. The van der Waals surface area contributed by atoms with Crippen LogP contribution < -0.4 is 5.32 Å². The SMILES string of the molecule is CC1CCCCN1CCCNCCCN1CCCC1. The van der Waals surface area contributed by atoms with Crippen LogP contribution in [-0.2, 0) is 0 Å². The van der Waals surface area contributed by atoms with Crippen LogP contribution in [0.4, 0.5) is 0 Å². The Balaban J connectivity index is 1.39. The van der Waals surface area contributed by atoms with E-state index >= 15 is 0 Å². The molecule has 0 bridgehead atoms. The van der Waals surface area contributed by atoms with E-state index in [1.54, 1.807) is 0 Å². The second kappa shape index (κ2) is 8.93. The van der Waals surface area contributed by atoms with Crippen LogP contribution in [0.1, 0.15) is 51.9 Å². The summed E-state index contributed by atoms with van der Waals surface area (Å²) in [5.41, 5.74) is 0. The molecular formula is C16H33N3. The van der Waals surface area contributed by atoms with Gasteiger partial charge in [0.2, 0.25) is 0 Å². The fourth-order valence-electron chi connectivity index (χ4n) is 3.46. The van der Waals surface area contributed by atoms with E-state index in [9.17, 15) is 0 Å². The largest absolute Gasteiger partial charge is 0.317 e. The smallest absolute Gasteiger partial charge is 0.00669 e. The summed E-state index contributed by atoms with van der Waals surface area (Å²) in [7, 11) is 0. The van der Waals surface area contributed by atoms with E-state index < -0.39 is 0 Å². The molecule has 1 N–H and O–H groups in total. The van der Waals surface area contributed by atoms with Crippen molar-refractivity contribution in [1.29, 1.82) is 0 Å². The molecule has 0 radical (unpaired) electrons. The quantitative estimate of drug-likeness (QED) is 0.681. The first-order chi connectivity index (χ1) is 9.36. The fourth-order valence-corrected chi connectivity index (χ4v) is 3.46. The van der Waals surface area contributed by atoms with Gasteiger partial charge in [-0.3, -0.25) is 0 Å². The first-order valence-electron chi connectivity index (χ1n) is 8.53. The molecule has 2 fully saturated rings. The molecule has 0 aromatic carbocycles. The Morgan fingerprint density at radius 2 is 1.58 bits per heavy atom. The van der Waals surface area contributed by atoms with Gasteiger partial charge in [-0.1, -0.05) is 6.42 Å². The lowest BCUT2D eigenvalue weighted by Gasteiger charge is -2.33. The standard InChI is InChI=1S/C16H33N3/c1-16-8-2-3-14-19(16)15-7-10-17-9-6-13-18-11-4-5-12-18/h16-17H,2-15H2,1H3. The van der Waals surface area contributed by atoms with Crippen molar-refractivity contribution in [3.05, 3.63) is 0 Å². The average Bonchev–Trinajstić information content (AvgIpc) is 2.93. The van der Waals surface area contributed by atoms with Gasteiger partial charge in [-0.15, -0.1) is 0 Å². The number of rotatable bonds is 8. The Morgan fingerprint density at radius 3 is 2.32 bits per heavy atom. The van der Waals surface area contributed by atoms with E-state index in [1.807, 2.05) is 0 Å². The summed E-state index contributed by atoms with van der Waals surface area (Å²) in [6, 6.07) is 0.823. The molecule has 2 aliphatic rings. The average molecular weight is 267 g/mol. The Hall–Kier alpha value is -0.120. The minimum atomic E-state index is 0.823. The van der Waals surface area contributed by atoms with Gasteiger partial charge in [-0.2, -0.15) is 0 Å². The molecule has 0 saturated carbocycles. The summed E-state index contributed by atoms with van der Waals surface area (Å²) in [4.78, 5) is 5.28. The van der Waals surface area contributed by atoms with Gasteiger partial charge in [0.25, 0.3) is 0 Å². The zero-order valence-corrected chi connectivity index (χ0v) is 12.9. The van der Waals surface area contributed by atoms with Crippen LogP contribution in [0.3, 0.4) is 0 Å². The lowest BCUT2D eigenvalue weighted by Crippen LogP contribution is -2.39. The Bertz CT molecular complexity index is 226. The highest BCUT2D eigenvalue weighted by Crippen LogP contribution is 2.16. The maximum atomic E-state index is 3.61. The molecule has 19 heavy (non-hydrogen) atoms. The zero-order chi connectivity index (χ0) is 13.3. The van der Waals surface area contributed by atoms with Gasteiger partial charge in [0, 0.05) is 6.04 Å². The van der Waals surface area contributed by atoms with Crippen LogP contribution in [-0.4, -0.2) is 61.7 Å². The lowest BCUT2D eigenvalue weighted by molar-refractivity contribution is 0.159. The van der Waals surface area contributed by atoms with Gasteiger partial charge in [-0.05, 0) is 91.3 Å². The summed E-state index contributed by atoms with van der Waals surface area (Å²) < 4.78 is 0. The topological polar surface area (TPSA) is 18.5 Å². The van der Waals surface area contributed by atoms with E-state index in [-0.39, 0.29) is 0 Å². The van der Waals surface area contributed by atoms with Gasteiger partial charge in [0.1, 0.15) is 0 Å². The van der Waals surface area contributed by atoms with Gasteiger partial charge in [0.15, 0.2) is 0 Å². The predicted molar refractivity (Wildman–Crippen MR) is 82.7 cm³/mol. The van der Waals surface area contributed by atoms with Crippen molar-refractivity contribution in [1.82, 2.24) is 15.1 Å². The molecule has 0 aromatic rings. The van der Waals surface area contributed by atoms with Crippen molar-refractivity contribution in [2.45, 2.75) is 57.9 Å². The molecule has 3 nitrogen and oxygen atoms in total. The van der Waals surface area contributed by atoms with Crippen molar-refractivity contribution >= 4 is 0 Å². The Morgan fingerprint density at radius 1 is 0.895 bits per heavy atom. The third-order valence-electron chi connectivity index (χ3n) is 4.77. The first-order valence-corrected chi connectivity index (χ1v) is 8.53. The van der Waals surface area contributed by atoms with E-state index in [0.717, 1.165) is 6.04 Å². The van der Waals surface area contributed by atoms with Crippen molar-refractivity contribution in [3.63, 3.8) is 0 Å². The summed E-state index contributed by atoms with van der Waals surface area (Å²) in [5, 5.41) is 3.61. The Kier molecular flexibility index (Phi) is 7.18. The Labute approximate surface area is 119 Å². The third kappa shape index (κ3) is 5.80. The highest BCUT2D eigenvalue weighted by atomic mass is 15.2. The van der Waals surface area contributed by atoms with Gasteiger partial charge in [0.05, 0.1) is 0 Å². The molecule has 0 spiro atoms. The molecule has 2 aliphatic heterocycles. The highest BCUT2D eigenvalue weighted by Gasteiger charge is 2.16. The molecule has 2 saturated heterocycles. The molecule has 0 aliphatic carbocycles. The number of likely N-dealkylation sites (tertiary alicyclic amines) is 2. The maximum Gasteiger partial charge on any atom is 0.00669 e. The van der Waals surface area contributed by atoms with Crippen molar-refractivity contribution < 1.29 is 0 Å². The minimum Gasteiger partial charge on any atom is -0.317 e. The molecule has 3 heteroatoms. The normalized spacial score (nSPS) is 26.1. The third-order valence-corrected chi connectivity index (χ3v) is 4.77. The molecular weight excluding hydrogens is 234 g/mol. The fraction of sp³-hybridized carbons (Fsp3) is 1.00. The monoisotopic (exact) mass is 267 g/mol. The molecule has 112 valence electrons. The van der Waals surface area contributed by atoms with Crippen molar-refractivity contribution in [3.8, 4) is 0 Å². The lowest BCUT2D eigenvalue weighted by atomic mass is 10.0. The van der Waals surface area contributed by atoms with Crippen molar-refractivity contribution in [2.24, 2.45) is 0 Å². The maximum absolute atomic E-state index is 3.61. The number of nitrogens with one attached hydrogen (secondary N) is 1. The second-order valence-corrected chi connectivity index (χ2v) is 6.39. The van der Waals surface area contributed by atoms with E-state index in [0.29, 0.717) is 0 Å². The number of hydrogen-bond donors (Lipinski definition) is 1. The predicted octanol–water partition coefficient (Wildman–Crippen LogP) is 2.33. The summed E-state index contributed by atoms with van der Waals surface area (Å²) in [6.07, 6.45) is 9.72. The van der Waals surface area contributed by atoms with E-state index in [2.05, 4.69) is 22.0 Å². The van der Waals surface area contributed by atoms with Crippen LogP contribution in [0.5, 0.6) is 0 Å². The van der Waals surface area contributed by atoms with Crippen LogP contribution >= 0.6 is 0 Å². The van der Waals surface area contributed by atoms with E-state index in [1.165, 1.54) is 90.8 Å². The van der Waals surface area contributed by atoms with Crippen LogP contribution in [0.2, 0.25) is 0 Å². The summed E-state index contributed by atoms with van der Waals surface area (Å²) in [6.45, 7) is 11.4. The molecule has 0 amide bonds. The number of hydrogen-bond acceptors (Lipinski definition) is 3. The summed E-state index contributed by atoms with van der Waals surface area (Å²) in [5.74, 6) is 0. The molecule has 1 atom stereocenters. The van der Waals surface area contributed by atoms with Crippen LogP contribution in [0, 0.1) is 0 Å². The first kappa shape index (κ1) is 15.3. The summed E-state index contributed by atoms with van der Waals surface area (Å²) >= 11 is 0. The second-order valence-electron chi connectivity index (χ2n) is 6.39. The van der Waals surface area contributed by atoms with Gasteiger partial charge >= 0.3 is 0 Å². The van der Waals surface area contributed by atoms with E-state index in [4.69, 9.17) is 0 Å². The number of nitrogens with zero attached hydrogens (tertiary/aromatic N) is 2. The van der Waals surface area contributed by atoms with Crippen molar-refractivity contribution in [2.75, 3.05) is 45.8 Å². The number of piperidine rings is 1. The van der Waals surface area contributed by atoms with Crippen LogP contribution in [0.25, 0.3) is 0 Å². The highest BCUT2D eigenvalue weighted by molar-refractivity contribution is 4.73. The van der Waals surface area contributed by atoms with Gasteiger partial charge in [-0.25, -0.2) is 0 Å². The molecule has 0 aromatic heterocycles. The minimum absolute atomic E-state index is 0.823. The van der Waals surface area contributed by atoms with Crippen LogP contribution in [0.15, 0.2) is 0 Å². The molecule has 2 rings (SSSR count). The molecule has 1 unspecified atom stereocenters.